The van der Waals surface area contributed by atoms with E-state index in [0.29, 0.717) is 0 Å². The van der Waals surface area contributed by atoms with Gasteiger partial charge in [-0.25, -0.2) is 0 Å². The lowest BCUT2D eigenvalue weighted by molar-refractivity contribution is 0.260. The van der Waals surface area contributed by atoms with Crippen LogP contribution >= 0.6 is 0 Å². The highest BCUT2D eigenvalue weighted by Gasteiger charge is 2.14. The topological polar surface area (TPSA) is 12.5 Å². The van der Waals surface area contributed by atoms with E-state index >= 15 is 0 Å². The molecule has 0 aromatic rings. The van der Waals surface area contributed by atoms with E-state index < -0.39 is 0 Å². The number of hydrogen-bond acceptors (Lipinski definition) is 2. The van der Waals surface area contributed by atoms with Crippen LogP contribution in [0.3, 0.4) is 0 Å². The predicted octanol–water partition coefficient (Wildman–Crippen LogP) is 1.32. The third kappa shape index (κ3) is 1.84. The van der Waals surface area contributed by atoms with Crippen LogP contribution in [-0.4, -0.2) is 34.0 Å². The fraction of sp³-hybridized carbons (Fsp3) is 0.556. The van der Waals surface area contributed by atoms with E-state index in [1.807, 2.05) is 31.1 Å². The van der Waals surface area contributed by atoms with Gasteiger partial charge in [-0.05, 0) is 6.08 Å². The third-order valence-electron chi connectivity index (χ3n) is 1.94. The maximum atomic E-state index is 5.74. The Morgan fingerprint density at radius 2 is 2.25 bits per heavy atom. The lowest BCUT2D eigenvalue weighted by Gasteiger charge is -2.23. The minimum Gasteiger partial charge on any atom is -0.499 e. The molecule has 1 rings (SSSR count). The van der Waals surface area contributed by atoms with Crippen LogP contribution in [-0.2, 0) is 4.74 Å². The number of likely N-dealkylation sites (N-methyl/N-ethyl adjacent to an activating group) is 1. The van der Waals surface area contributed by atoms with Gasteiger partial charge in [-0.15, -0.1) is 0 Å². The largest absolute Gasteiger partial charge is 0.499 e. The van der Waals surface area contributed by atoms with Gasteiger partial charge in [0.1, 0.15) is 5.76 Å². The monoisotopic (exact) mass is 163 g/mol. The molecule has 0 saturated carbocycles. The molecule has 0 amide bonds. The Balaban J connectivity index is 2.85. The minimum absolute atomic E-state index is 0.101. The van der Waals surface area contributed by atoms with Crippen molar-refractivity contribution >= 4 is 7.85 Å². The molecule has 1 aliphatic carbocycles. The molecule has 2 radical (unpaired) electrons. The number of rotatable bonds is 2. The van der Waals surface area contributed by atoms with Gasteiger partial charge in [-0.1, -0.05) is 11.9 Å². The van der Waals surface area contributed by atoms with Crippen molar-refractivity contribution in [1.82, 2.24) is 4.90 Å². The highest BCUT2D eigenvalue weighted by molar-refractivity contribution is 6.13. The van der Waals surface area contributed by atoms with Crippen molar-refractivity contribution in [1.29, 1.82) is 0 Å². The van der Waals surface area contributed by atoms with Crippen molar-refractivity contribution in [3.05, 3.63) is 23.6 Å². The summed E-state index contributed by atoms with van der Waals surface area (Å²) in [6.45, 7) is 0. The average molecular weight is 163 g/mol. The molecule has 0 aromatic carbocycles. The maximum Gasteiger partial charge on any atom is 0.119 e. The van der Waals surface area contributed by atoms with E-state index in [0.717, 1.165) is 17.9 Å². The van der Waals surface area contributed by atoms with Crippen LogP contribution in [0, 0.1) is 0 Å². The second-order valence-corrected chi connectivity index (χ2v) is 3.13. The zero-order valence-corrected chi connectivity index (χ0v) is 7.87. The molecule has 2 nitrogen and oxygen atoms in total. The van der Waals surface area contributed by atoms with Crippen LogP contribution in [0.1, 0.15) is 6.42 Å². The molecule has 0 fully saturated rings. The van der Waals surface area contributed by atoms with Crippen LogP contribution in [0.5, 0.6) is 0 Å². The molecule has 1 aliphatic rings. The van der Waals surface area contributed by atoms with Gasteiger partial charge >= 0.3 is 0 Å². The molecule has 1 atom stereocenters. The van der Waals surface area contributed by atoms with Gasteiger partial charge in [0.05, 0.1) is 20.7 Å². The quantitative estimate of drug-likeness (QED) is 0.569. The van der Waals surface area contributed by atoms with Crippen molar-refractivity contribution < 1.29 is 4.74 Å². The first-order valence-corrected chi connectivity index (χ1v) is 4.03. The summed E-state index contributed by atoms with van der Waals surface area (Å²) < 4.78 is 5.24. The zero-order valence-electron chi connectivity index (χ0n) is 7.87. The maximum absolute atomic E-state index is 5.74. The van der Waals surface area contributed by atoms with Crippen molar-refractivity contribution in [2.24, 2.45) is 0 Å². The molecule has 0 aliphatic heterocycles. The second kappa shape index (κ2) is 3.70. The lowest BCUT2D eigenvalue weighted by atomic mass is 9.81. The number of allylic oxidation sites excluding steroid dienone is 3. The van der Waals surface area contributed by atoms with E-state index in [1.165, 1.54) is 0 Å². The van der Waals surface area contributed by atoms with Crippen molar-refractivity contribution in [3.63, 3.8) is 0 Å². The SMILES string of the molecule is [B][C@@H]1C=CC(N(C)C)=C(OC)C1. The Labute approximate surface area is 75.3 Å². The first-order valence-electron chi connectivity index (χ1n) is 4.03. The number of hydrogen-bond donors (Lipinski definition) is 0. The summed E-state index contributed by atoms with van der Waals surface area (Å²) in [6, 6.07) is 0. The van der Waals surface area contributed by atoms with Gasteiger partial charge in [0.25, 0.3) is 0 Å². The minimum atomic E-state index is 0.101. The molecule has 0 bridgehead atoms. The summed E-state index contributed by atoms with van der Waals surface area (Å²) >= 11 is 0. The summed E-state index contributed by atoms with van der Waals surface area (Å²) in [5.41, 5.74) is 1.11. The Morgan fingerprint density at radius 3 is 2.75 bits per heavy atom. The van der Waals surface area contributed by atoms with Gasteiger partial charge < -0.3 is 9.64 Å². The molecule has 0 unspecified atom stereocenters. The van der Waals surface area contributed by atoms with Crippen LogP contribution in [0.15, 0.2) is 23.6 Å². The molecule has 0 N–H and O–H groups in total. The van der Waals surface area contributed by atoms with Gasteiger partial charge in [0, 0.05) is 20.5 Å². The summed E-state index contributed by atoms with van der Waals surface area (Å²) in [4.78, 5) is 2.03. The third-order valence-corrected chi connectivity index (χ3v) is 1.94. The zero-order chi connectivity index (χ0) is 9.14. The van der Waals surface area contributed by atoms with Crippen LogP contribution in [0.4, 0.5) is 0 Å². The van der Waals surface area contributed by atoms with E-state index in [4.69, 9.17) is 12.6 Å². The summed E-state index contributed by atoms with van der Waals surface area (Å²) in [7, 11) is 11.4. The number of methoxy groups -OCH3 is 1. The van der Waals surface area contributed by atoms with E-state index in [-0.39, 0.29) is 5.82 Å². The highest BCUT2D eigenvalue weighted by Crippen LogP contribution is 2.26. The Hall–Kier alpha value is -0.855. The van der Waals surface area contributed by atoms with Crippen molar-refractivity contribution in [3.8, 4) is 0 Å². The smallest absolute Gasteiger partial charge is 0.119 e. The first-order chi connectivity index (χ1) is 5.65. The average Bonchev–Trinajstić information content (AvgIpc) is 2.03. The fourth-order valence-corrected chi connectivity index (χ4v) is 1.28. The second-order valence-electron chi connectivity index (χ2n) is 3.13. The molecule has 64 valence electrons. The Morgan fingerprint density at radius 1 is 1.58 bits per heavy atom. The normalized spacial score (nSPS) is 22.8. The van der Waals surface area contributed by atoms with E-state index in [1.54, 1.807) is 7.11 Å². The number of nitrogens with zero attached hydrogens (tertiary/aromatic N) is 1. The molecular formula is C9H14BNO. The van der Waals surface area contributed by atoms with E-state index in [9.17, 15) is 0 Å². The van der Waals surface area contributed by atoms with Crippen LogP contribution < -0.4 is 0 Å². The first kappa shape index (κ1) is 9.23. The van der Waals surface area contributed by atoms with E-state index in [2.05, 4.69) is 0 Å². The molecule has 12 heavy (non-hydrogen) atoms. The highest BCUT2D eigenvalue weighted by atomic mass is 16.5. The molecule has 0 spiro atoms. The molecule has 0 saturated heterocycles. The van der Waals surface area contributed by atoms with Gasteiger partial charge in [0.2, 0.25) is 0 Å². The lowest BCUT2D eigenvalue weighted by Crippen LogP contribution is -2.16. The summed E-state index contributed by atoms with van der Waals surface area (Å²) in [5, 5.41) is 0. The molecule has 3 heteroatoms. The van der Waals surface area contributed by atoms with Gasteiger partial charge in [0.15, 0.2) is 0 Å². The fourth-order valence-electron chi connectivity index (χ4n) is 1.28. The van der Waals surface area contributed by atoms with Crippen molar-refractivity contribution in [2.45, 2.75) is 12.2 Å². The molecular weight excluding hydrogens is 149 g/mol. The number of ether oxygens (including phenoxy) is 1. The van der Waals surface area contributed by atoms with Crippen LogP contribution in [0.2, 0.25) is 5.82 Å². The summed E-state index contributed by atoms with van der Waals surface area (Å²) in [6.07, 6.45) is 4.80. The Kier molecular flexibility index (Phi) is 2.85. The van der Waals surface area contributed by atoms with Gasteiger partial charge in [-0.3, -0.25) is 0 Å². The van der Waals surface area contributed by atoms with Crippen molar-refractivity contribution in [2.75, 3.05) is 21.2 Å². The Bertz CT molecular complexity index is 221. The predicted molar refractivity (Wildman–Crippen MR) is 51.0 cm³/mol. The summed E-state index contributed by atoms with van der Waals surface area (Å²) in [5.74, 6) is 1.07. The standard InChI is InChI=1S/C9H14BNO/c1-11(2)8-5-4-7(10)6-9(8)12-3/h4-5,7H,6H2,1-3H3/t7-/m1/s1. The molecule has 0 aromatic heterocycles. The van der Waals surface area contributed by atoms with Gasteiger partial charge in [-0.2, -0.15) is 0 Å². The molecule has 0 heterocycles. The van der Waals surface area contributed by atoms with Crippen LogP contribution in [0.25, 0.3) is 0 Å².